The fourth-order valence-corrected chi connectivity index (χ4v) is 4.08. The smallest absolute Gasteiger partial charge is 0.244 e. The molecular formula is C23H29F2N3O4S. The van der Waals surface area contributed by atoms with E-state index in [2.05, 4.69) is 5.32 Å². The normalized spacial score (nSPS) is 12.2. The number of hydrogen-bond donors (Lipinski definition) is 1. The molecule has 0 spiro atoms. The van der Waals surface area contributed by atoms with E-state index in [0.29, 0.717) is 23.3 Å². The predicted octanol–water partition coefficient (Wildman–Crippen LogP) is 2.98. The number of rotatable bonds is 10. The molecule has 33 heavy (non-hydrogen) atoms. The molecule has 0 aliphatic carbocycles. The van der Waals surface area contributed by atoms with Crippen LogP contribution in [-0.2, 0) is 26.2 Å². The average Bonchev–Trinajstić information content (AvgIpc) is 2.74. The number of amides is 2. The quantitative estimate of drug-likeness (QED) is 0.565. The summed E-state index contributed by atoms with van der Waals surface area (Å²) >= 11 is 0. The van der Waals surface area contributed by atoms with Crippen LogP contribution in [0.15, 0.2) is 42.5 Å². The minimum absolute atomic E-state index is 0.0661. The second-order valence-electron chi connectivity index (χ2n) is 7.85. The van der Waals surface area contributed by atoms with Gasteiger partial charge in [-0.1, -0.05) is 36.8 Å². The number of halogens is 2. The lowest BCUT2D eigenvalue weighted by atomic mass is 10.1. The van der Waals surface area contributed by atoms with Crippen molar-refractivity contribution < 1.29 is 26.8 Å². The van der Waals surface area contributed by atoms with Crippen LogP contribution >= 0.6 is 0 Å². The molecule has 10 heteroatoms. The van der Waals surface area contributed by atoms with Gasteiger partial charge in [-0.05, 0) is 38.0 Å². The SMILES string of the molecule is CCCNC(=O)[C@@H](C)N(Cc1cccc(C)c1)C(=O)CN(c1ccc(F)c(F)c1)S(C)(=O)=O. The van der Waals surface area contributed by atoms with E-state index in [-0.39, 0.29) is 18.1 Å². The number of hydrogen-bond acceptors (Lipinski definition) is 4. The molecule has 2 rings (SSSR count). The number of nitrogens with zero attached hydrogens (tertiary/aromatic N) is 2. The summed E-state index contributed by atoms with van der Waals surface area (Å²) < 4.78 is 52.6. The van der Waals surface area contributed by atoms with Gasteiger partial charge in [-0.25, -0.2) is 17.2 Å². The van der Waals surface area contributed by atoms with E-state index < -0.39 is 40.2 Å². The number of carbonyl (C=O) groups excluding carboxylic acids is 2. The van der Waals surface area contributed by atoms with Crippen molar-refractivity contribution in [3.63, 3.8) is 0 Å². The molecule has 0 radical (unpaired) electrons. The summed E-state index contributed by atoms with van der Waals surface area (Å²) in [6.45, 7) is 5.16. The molecule has 2 amide bonds. The van der Waals surface area contributed by atoms with Crippen LogP contribution in [0, 0.1) is 18.6 Å². The Morgan fingerprint density at radius 1 is 1.09 bits per heavy atom. The minimum Gasteiger partial charge on any atom is -0.354 e. The zero-order valence-electron chi connectivity index (χ0n) is 19.1. The minimum atomic E-state index is -4.02. The third-order valence-electron chi connectivity index (χ3n) is 5.02. The summed E-state index contributed by atoms with van der Waals surface area (Å²) in [5.41, 5.74) is 1.53. The van der Waals surface area contributed by atoms with Gasteiger partial charge < -0.3 is 10.2 Å². The van der Waals surface area contributed by atoms with E-state index in [1.165, 1.54) is 4.90 Å². The zero-order chi connectivity index (χ0) is 24.8. The van der Waals surface area contributed by atoms with Crippen molar-refractivity contribution in [2.75, 3.05) is 23.7 Å². The second-order valence-corrected chi connectivity index (χ2v) is 9.75. The molecule has 2 aromatic carbocycles. The standard InChI is InChI=1S/C23H29F2N3O4S/c1-5-11-26-23(30)17(3)27(14-18-8-6-7-16(2)12-18)22(29)15-28(33(4,31)32)19-9-10-20(24)21(25)13-19/h6-10,12-13,17H,5,11,14-15H2,1-4H3,(H,26,30)/t17-/m1/s1. The lowest BCUT2D eigenvalue weighted by Crippen LogP contribution is -2.51. The van der Waals surface area contributed by atoms with Crippen molar-refractivity contribution in [2.24, 2.45) is 0 Å². The van der Waals surface area contributed by atoms with Crippen molar-refractivity contribution >= 4 is 27.5 Å². The molecule has 0 aromatic heterocycles. The van der Waals surface area contributed by atoms with Crippen LogP contribution in [0.3, 0.4) is 0 Å². The first-order valence-corrected chi connectivity index (χ1v) is 12.3. The Hall–Kier alpha value is -3.01. The number of carbonyl (C=O) groups is 2. The van der Waals surface area contributed by atoms with Crippen LogP contribution < -0.4 is 9.62 Å². The summed E-state index contributed by atoms with van der Waals surface area (Å²) in [4.78, 5) is 27.2. The molecule has 0 saturated heterocycles. The summed E-state index contributed by atoms with van der Waals surface area (Å²) in [5, 5.41) is 2.74. The van der Waals surface area contributed by atoms with E-state index in [1.807, 2.05) is 32.0 Å². The summed E-state index contributed by atoms with van der Waals surface area (Å²) in [5.74, 6) is -3.42. The van der Waals surface area contributed by atoms with Crippen LogP contribution in [0.5, 0.6) is 0 Å². The molecule has 0 heterocycles. The van der Waals surface area contributed by atoms with Gasteiger partial charge >= 0.3 is 0 Å². The molecule has 0 unspecified atom stereocenters. The molecule has 7 nitrogen and oxygen atoms in total. The van der Waals surface area contributed by atoms with Crippen LogP contribution in [0.4, 0.5) is 14.5 Å². The second kappa shape index (κ2) is 11.2. The zero-order valence-corrected chi connectivity index (χ0v) is 20.0. The van der Waals surface area contributed by atoms with E-state index in [0.717, 1.165) is 29.5 Å². The van der Waals surface area contributed by atoms with Crippen molar-refractivity contribution in [1.82, 2.24) is 10.2 Å². The summed E-state index contributed by atoms with van der Waals surface area (Å²) in [7, 11) is -4.02. The third kappa shape index (κ3) is 7.24. The van der Waals surface area contributed by atoms with Crippen LogP contribution in [-0.4, -0.2) is 50.5 Å². The number of benzene rings is 2. The molecule has 180 valence electrons. The van der Waals surface area contributed by atoms with Gasteiger partial charge in [0.05, 0.1) is 11.9 Å². The summed E-state index contributed by atoms with van der Waals surface area (Å²) in [6, 6.07) is 9.06. The monoisotopic (exact) mass is 481 g/mol. The Bertz CT molecular complexity index is 1110. The van der Waals surface area contributed by atoms with Crippen molar-refractivity contribution in [3.05, 3.63) is 65.2 Å². The highest BCUT2D eigenvalue weighted by Crippen LogP contribution is 2.21. The van der Waals surface area contributed by atoms with E-state index in [4.69, 9.17) is 0 Å². The van der Waals surface area contributed by atoms with Crippen LogP contribution in [0.25, 0.3) is 0 Å². The van der Waals surface area contributed by atoms with E-state index in [1.54, 1.807) is 13.0 Å². The molecule has 0 fully saturated rings. The number of aryl methyl sites for hydroxylation is 1. The highest BCUT2D eigenvalue weighted by molar-refractivity contribution is 7.92. The Kier molecular flexibility index (Phi) is 8.92. The van der Waals surface area contributed by atoms with Gasteiger partial charge in [0.2, 0.25) is 21.8 Å². The highest BCUT2D eigenvalue weighted by Gasteiger charge is 2.30. The topological polar surface area (TPSA) is 86.8 Å². The maximum Gasteiger partial charge on any atom is 0.244 e. The van der Waals surface area contributed by atoms with Gasteiger partial charge in [0.1, 0.15) is 12.6 Å². The van der Waals surface area contributed by atoms with Crippen molar-refractivity contribution in [2.45, 2.75) is 39.8 Å². The van der Waals surface area contributed by atoms with Gasteiger partial charge in [-0.3, -0.25) is 13.9 Å². The lowest BCUT2D eigenvalue weighted by molar-refractivity contribution is -0.139. The molecule has 0 aliphatic rings. The molecular weight excluding hydrogens is 452 g/mol. The summed E-state index contributed by atoms with van der Waals surface area (Å²) in [6.07, 6.45) is 1.58. The van der Waals surface area contributed by atoms with Gasteiger partial charge in [-0.2, -0.15) is 0 Å². The first kappa shape index (κ1) is 26.2. The predicted molar refractivity (Wildman–Crippen MR) is 123 cm³/mol. The van der Waals surface area contributed by atoms with Crippen LogP contribution in [0.1, 0.15) is 31.4 Å². The molecule has 0 aliphatic heterocycles. The lowest BCUT2D eigenvalue weighted by Gasteiger charge is -2.31. The van der Waals surface area contributed by atoms with E-state index >= 15 is 0 Å². The fourth-order valence-electron chi connectivity index (χ4n) is 3.24. The number of sulfonamides is 1. The molecule has 1 N–H and O–H groups in total. The Morgan fingerprint density at radius 3 is 2.36 bits per heavy atom. The Balaban J connectivity index is 2.39. The number of anilines is 1. The maximum atomic E-state index is 13.8. The molecule has 0 saturated carbocycles. The first-order chi connectivity index (χ1) is 15.4. The number of nitrogens with one attached hydrogen (secondary N) is 1. The van der Waals surface area contributed by atoms with Gasteiger partial charge in [0.25, 0.3) is 0 Å². The van der Waals surface area contributed by atoms with Crippen molar-refractivity contribution in [3.8, 4) is 0 Å². The third-order valence-corrected chi connectivity index (χ3v) is 6.16. The largest absolute Gasteiger partial charge is 0.354 e. The molecule has 2 aromatic rings. The highest BCUT2D eigenvalue weighted by atomic mass is 32.2. The average molecular weight is 482 g/mol. The van der Waals surface area contributed by atoms with Gasteiger partial charge in [-0.15, -0.1) is 0 Å². The van der Waals surface area contributed by atoms with Crippen molar-refractivity contribution in [1.29, 1.82) is 0 Å². The van der Waals surface area contributed by atoms with Gasteiger partial charge in [0, 0.05) is 19.2 Å². The fraction of sp³-hybridized carbons (Fsp3) is 0.391. The molecule has 0 bridgehead atoms. The molecule has 1 atom stereocenters. The van der Waals surface area contributed by atoms with E-state index in [9.17, 15) is 26.8 Å². The first-order valence-electron chi connectivity index (χ1n) is 10.5. The Labute approximate surface area is 193 Å². The maximum absolute atomic E-state index is 13.8. The van der Waals surface area contributed by atoms with Crippen LogP contribution in [0.2, 0.25) is 0 Å². The van der Waals surface area contributed by atoms with Gasteiger partial charge in [0.15, 0.2) is 11.6 Å². The Morgan fingerprint density at radius 2 is 1.79 bits per heavy atom.